The average Bonchev–Trinajstić information content (AvgIpc) is 3.15. The van der Waals surface area contributed by atoms with E-state index in [1.165, 1.54) is 0 Å². The molecule has 6 heteroatoms. The monoisotopic (exact) mass is 414 g/mol. The minimum atomic E-state index is -1.11. The van der Waals surface area contributed by atoms with Crippen LogP contribution in [0.15, 0.2) is 85.1 Å². The van der Waals surface area contributed by atoms with Crippen LogP contribution < -0.4 is 10.1 Å². The van der Waals surface area contributed by atoms with Crippen molar-refractivity contribution in [2.45, 2.75) is 6.10 Å². The Balaban J connectivity index is 1.63. The van der Waals surface area contributed by atoms with Gasteiger partial charge >= 0.3 is 5.97 Å². The van der Waals surface area contributed by atoms with Crippen LogP contribution in [0.1, 0.15) is 22.0 Å². The van der Waals surface area contributed by atoms with E-state index in [0.29, 0.717) is 22.6 Å². The van der Waals surface area contributed by atoms with Crippen LogP contribution in [0.3, 0.4) is 0 Å². The molecule has 1 N–H and O–H groups in total. The molecule has 4 rings (SSSR count). The maximum Gasteiger partial charge on any atom is 0.341 e. The number of nitrogens with one attached hydrogen (secondary N) is 1. The first kappa shape index (κ1) is 20.2. The van der Waals surface area contributed by atoms with Gasteiger partial charge in [-0.1, -0.05) is 54.6 Å². The summed E-state index contributed by atoms with van der Waals surface area (Å²) in [4.78, 5) is 26.2. The van der Waals surface area contributed by atoms with Gasteiger partial charge in [-0.05, 0) is 18.2 Å². The molecule has 0 radical (unpaired) electrons. The molecule has 1 atom stereocenters. The summed E-state index contributed by atoms with van der Waals surface area (Å²) in [6.45, 7) is 0. The van der Waals surface area contributed by atoms with Gasteiger partial charge in [-0.15, -0.1) is 0 Å². The fourth-order valence-corrected chi connectivity index (χ4v) is 3.48. The molecule has 0 aliphatic heterocycles. The molecule has 1 amide bonds. The van der Waals surface area contributed by atoms with E-state index in [4.69, 9.17) is 9.47 Å². The Kier molecular flexibility index (Phi) is 5.71. The summed E-state index contributed by atoms with van der Waals surface area (Å²) in [6, 6.07) is 23.5. The smallest absolute Gasteiger partial charge is 0.341 e. The minimum absolute atomic E-state index is 0.410. The molecular weight excluding hydrogens is 392 g/mol. The van der Waals surface area contributed by atoms with Crippen LogP contribution in [0.5, 0.6) is 5.75 Å². The molecule has 0 saturated carbocycles. The predicted octanol–water partition coefficient (Wildman–Crippen LogP) is 4.72. The van der Waals surface area contributed by atoms with E-state index in [2.05, 4.69) is 5.32 Å². The van der Waals surface area contributed by atoms with Gasteiger partial charge < -0.3 is 19.4 Å². The molecule has 0 aliphatic carbocycles. The van der Waals surface area contributed by atoms with Crippen LogP contribution >= 0.6 is 0 Å². The second-order valence-corrected chi connectivity index (χ2v) is 7.09. The number of nitrogens with zero attached hydrogens (tertiary/aromatic N) is 1. The topological polar surface area (TPSA) is 69.6 Å². The van der Waals surface area contributed by atoms with Crippen LogP contribution in [0.4, 0.5) is 5.69 Å². The quantitative estimate of drug-likeness (QED) is 0.464. The lowest BCUT2D eigenvalue weighted by Gasteiger charge is -2.18. The average molecular weight is 414 g/mol. The summed E-state index contributed by atoms with van der Waals surface area (Å²) in [5.74, 6) is -0.402. The minimum Gasteiger partial charge on any atom is -0.497 e. The number of carbonyl (C=O) groups excluding carboxylic acids is 2. The highest BCUT2D eigenvalue weighted by Gasteiger charge is 2.27. The van der Waals surface area contributed by atoms with Crippen molar-refractivity contribution in [3.8, 4) is 5.75 Å². The van der Waals surface area contributed by atoms with Crippen LogP contribution in [-0.2, 0) is 16.6 Å². The number of para-hydroxylation sites is 1. The Labute approximate surface area is 180 Å². The van der Waals surface area contributed by atoms with Gasteiger partial charge in [-0.3, -0.25) is 4.79 Å². The van der Waals surface area contributed by atoms with Gasteiger partial charge in [0, 0.05) is 41.5 Å². The molecule has 6 nitrogen and oxygen atoms in total. The highest BCUT2D eigenvalue weighted by molar-refractivity contribution is 6.06. The number of benzene rings is 3. The highest BCUT2D eigenvalue weighted by Crippen LogP contribution is 2.26. The third-order valence-corrected chi connectivity index (χ3v) is 5.02. The Morgan fingerprint density at radius 2 is 1.68 bits per heavy atom. The van der Waals surface area contributed by atoms with Gasteiger partial charge in [-0.2, -0.15) is 0 Å². The zero-order chi connectivity index (χ0) is 21.8. The molecule has 0 bridgehead atoms. The van der Waals surface area contributed by atoms with Crippen molar-refractivity contribution in [1.29, 1.82) is 0 Å². The Morgan fingerprint density at radius 1 is 0.935 bits per heavy atom. The van der Waals surface area contributed by atoms with Gasteiger partial charge in [0.1, 0.15) is 5.75 Å². The highest BCUT2D eigenvalue weighted by atomic mass is 16.5. The zero-order valence-corrected chi connectivity index (χ0v) is 17.2. The lowest BCUT2D eigenvalue weighted by atomic mass is 10.1. The van der Waals surface area contributed by atoms with Crippen LogP contribution in [0.2, 0.25) is 0 Å². The summed E-state index contributed by atoms with van der Waals surface area (Å²) in [5, 5.41) is 3.59. The summed E-state index contributed by atoms with van der Waals surface area (Å²) >= 11 is 0. The first-order chi connectivity index (χ1) is 15.1. The molecule has 1 heterocycles. The number of carbonyl (C=O) groups is 2. The molecule has 4 aromatic rings. The maximum absolute atomic E-state index is 13.1. The third kappa shape index (κ3) is 4.28. The van der Waals surface area contributed by atoms with E-state index in [1.54, 1.807) is 61.8 Å². The molecule has 0 unspecified atom stereocenters. The predicted molar refractivity (Wildman–Crippen MR) is 119 cm³/mol. The lowest BCUT2D eigenvalue weighted by Crippen LogP contribution is -2.26. The number of amides is 1. The standard InChI is InChI=1S/C25H22N2O4/c1-27-16-21(20-13-6-7-14-22(20)27)25(29)31-23(17-9-4-3-5-10-17)24(28)26-18-11-8-12-19(15-18)30-2/h3-16,23H,1-2H3,(H,26,28)/t23-/m1/s1. The van der Waals surface area contributed by atoms with Crippen LogP contribution in [0, 0.1) is 0 Å². The van der Waals surface area contributed by atoms with E-state index in [1.807, 2.05) is 41.9 Å². The number of aromatic nitrogens is 1. The molecule has 0 aliphatic rings. The SMILES string of the molecule is COc1cccc(NC(=O)[C@H](OC(=O)c2cn(C)c3ccccc23)c2ccccc2)c1. The van der Waals surface area contributed by atoms with Gasteiger partial charge in [0.15, 0.2) is 0 Å². The van der Waals surface area contributed by atoms with E-state index >= 15 is 0 Å². The Bertz CT molecular complexity index is 1230. The maximum atomic E-state index is 13.1. The molecule has 0 saturated heterocycles. The number of anilines is 1. The van der Waals surface area contributed by atoms with Crippen molar-refractivity contribution in [2.24, 2.45) is 7.05 Å². The van der Waals surface area contributed by atoms with E-state index in [-0.39, 0.29) is 0 Å². The van der Waals surface area contributed by atoms with Gasteiger partial charge in [0.25, 0.3) is 5.91 Å². The number of ether oxygens (including phenoxy) is 2. The molecule has 0 spiro atoms. The molecule has 3 aromatic carbocycles. The number of aryl methyl sites for hydroxylation is 1. The molecular formula is C25H22N2O4. The second-order valence-electron chi connectivity index (χ2n) is 7.09. The second kappa shape index (κ2) is 8.75. The zero-order valence-electron chi connectivity index (χ0n) is 17.2. The van der Waals surface area contributed by atoms with Gasteiger partial charge in [0.2, 0.25) is 6.10 Å². The van der Waals surface area contributed by atoms with Gasteiger partial charge in [-0.25, -0.2) is 4.79 Å². The van der Waals surface area contributed by atoms with Crippen molar-refractivity contribution < 1.29 is 19.1 Å². The van der Waals surface area contributed by atoms with Crippen molar-refractivity contribution in [3.63, 3.8) is 0 Å². The summed E-state index contributed by atoms with van der Waals surface area (Å²) < 4.78 is 12.8. The Hall–Kier alpha value is -4.06. The number of rotatable bonds is 6. The molecule has 1 aromatic heterocycles. The largest absolute Gasteiger partial charge is 0.497 e. The first-order valence-electron chi connectivity index (χ1n) is 9.81. The molecule has 0 fully saturated rings. The fraction of sp³-hybridized carbons (Fsp3) is 0.120. The van der Waals surface area contributed by atoms with Crippen LogP contribution in [0.25, 0.3) is 10.9 Å². The number of esters is 1. The van der Waals surface area contributed by atoms with Crippen molar-refractivity contribution in [2.75, 3.05) is 12.4 Å². The van der Waals surface area contributed by atoms with Crippen molar-refractivity contribution in [1.82, 2.24) is 4.57 Å². The van der Waals surface area contributed by atoms with Crippen molar-refractivity contribution in [3.05, 3.63) is 96.2 Å². The number of hydrogen-bond acceptors (Lipinski definition) is 4. The number of methoxy groups -OCH3 is 1. The van der Waals surface area contributed by atoms with Crippen LogP contribution in [-0.4, -0.2) is 23.6 Å². The van der Waals surface area contributed by atoms with Crippen molar-refractivity contribution >= 4 is 28.5 Å². The summed E-state index contributed by atoms with van der Waals surface area (Å²) in [5.41, 5.74) is 2.45. The lowest BCUT2D eigenvalue weighted by molar-refractivity contribution is -0.125. The number of fused-ring (bicyclic) bond motifs is 1. The first-order valence-corrected chi connectivity index (χ1v) is 9.81. The van der Waals surface area contributed by atoms with Gasteiger partial charge in [0.05, 0.1) is 12.7 Å². The normalized spacial score (nSPS) is 11.7. The number of hydrogen-bond donors (Lipinski definition) is 1. The summed E-state index contributed by atoms with van der Waals surface area (Å²) in [6.07, 6.45) is 0.605. The third-order valence-electron chi connectivity index (χ3n) is 5.02. The summed E-state index contributed by atoms with van der Waals surface area (Å²) in [7, 11) is 3.42. The van der Waals surface area contributed by atoms with E-state index < -0.39 is 18.0 Å². The van der Waals surface area contributed by atoms with E-state index in [9.17, 15) is 9.59 Å². The molecule has 31 heavy (non-hydrogen) atoms. The molecule has 156 valence electrons. The fourth-order valence-electron chi connectivity index (χ4n) is 3.48. The van der Waals surface area contributed by atoms with E-state index in [0.717, 1.165) is 10.9 Å². The Morgan fingerprint density at radius 3 is 2.45 bits per heavy atom.